The molecule has 1 atom stereocenters. The lowest BCUT2D eigenvalue weighted by Crippen LogP contribution is -2.40. The molecule has 2 saturated heterocycles. The van der Waals surface area contributed by atoms with E-state index < -0.39 is 0 Å². The van der Waals surface area contributed by atoms with Gasteiger partial charge in [0.05, 0.1) is 11.3 Å². The van der Waals surface area contributed by atoms with Crippen LogP contribution in [0, 0.1) is 0 Å². The molecule has 0 saturated carbocycles. The summed E-state index contributed by atoms with van der Waals surface area (Å²) in [5.74, 6) is 1.89. The predicted molar refractivity (Wildman–Crippen MR) is 106 cm³/mol. The van der Waals surface area contributed by atoms with Crippen LogP contribution in [0.1, 0.15) is 29.6 Å². The highest BCUT2D eigenvalue weighted by Crippen LogP contribution is 2.24. The van der Waals surface area contributed by atoms with Crippen LogP contribution in [0.4, 0.5) is 5.69 Å². The van der Waals surface area contributed by atoms with Gasteiger partial charge >= 0.3 is 0 Å². The van der Waals surface area contributed by atoms with E-state index in [0.29, 0.717) is 22.7 Å². The zero-order chi connectivity index (χ0) is 16.9. The van der Waals surface area contributed by atoms with Crippen molar-refractivity contribution in [3.63, 3.8) is 0 Å². The molecule has 1 aromatic rings. The minimum atomic E-state index is -0.0761. The van der Waals surface area contributed by atoms with E-state index in [2.05, 4.69) is 10.6 Å². The topological polar surface area (TPSA) is 61.4 Å². The highest BCUT2D eigenvalue weighted by Gasteiger charge is 2.23. The Kier molecular flexibility index (Phi) is 7.87. The molecule has 138 valence electrons. The molecule has 2 aliphatic heterocycles. The normalized spacial score (nSPS) is 20.0. The van der Waals surface area contributed by atoms with Crippen LogP contribution in [0.15, 0.2) is 18.2 Å². The smallest absolute Gasteiger partial charge is 0.256 e. The number of hydrogen-bond acceptors (Lipinski definition) is 4. The van der Waals surface area contributed by atoms with Gasteiger partial charge in [0.2, 0.25) is 5.91 Å². The fourth-order valence-electron chi connectivity index (χ4n) is 3.07. The van der Waals surface area contributed by atoms with Gasteiger partial charge in [-0.05, 0) is 31.0 Å². The van der Waals surface area contributed by atoms with Crippen molar-refractivity contribution in [2.75, 3.05) is 36.5 Å². The number of halogens is 2. The number of hydrogen-bond donors (Lipinski definition) is 2. The highest BCUT2D eigenvalue weighted by atomic mass is 35.5. The minimum Gasteiger partial charge on any atom is -0.339 e. The summed E-state index contributed by atoms with van der Waals surface area (Å²) in [6.07, 6.45) is 2.46. The Morgan fingerprint density at radius 2 is 2.08 bits per heavy atom. The second kappa shape index (κ2) is 9.67. The zero-order valence-corrected chi connectivity index (χ0v) is 16.3. The molecule has 2 fully saturated rings. The summed E-state index contributed by atoms with van der Waals surface area (Å²) >= 11 is 7.92. The number of thioether (sulfide) groups is 1. The number of nitrogens with one attached hydrogen (secondary N) is 2. The van der Waals surface area contributed by atoms with Crippen molar-refractivity contribution in [1.82, 2.24) is 10.2 Å². The van der Waals surface area contributed by atoms with Crippen molar-refractivity contribution in [1.29, 1.82) is 0 Å². The summed E-state index contributed by atoms with van der Waals surface area (Å²) in [7, 11) is 0. The van der Waals surface area contributed by atoms with E-state index in [4.69, 9.17) is 11.6 Å². The second-order valence-electron chi connectivity index (χ2n) is 6.17. The molecule has 1 aromatic carbocycles. The van der Waals surface area contributed by atoms with Crippen LogP contribution in [0.5, 0.6) is 0 Å². The Labute approximate surface area is 163 Å². The van der Waals surface area contributed by atoms with Crippen LogP contribution in [0.3, 0.4) is 0 Å². The predicted octanol–water partition coefficient (Wildman–Crippen LogP) is 3.03. The lowest BCUT2D eigenvalue weighted by atomic mass is 10.1. The van der Waals surface area contributed by atoms with Crippen molar-refractivity contribution < 1.29 is 9.59 Å². The standard InChI is InChI=1S/C17H22ClN3O2S.ClH/c18-12-3-4-15(14(9-12)17(23)21-6-1-2-7-21)20-16(22)10-13-11-24-8-5-19-13;/h3-4,9,13,19H,1-2,5-8,10-11H2,(H,20,22);1H. The van der Waals surface area contributed by atoms with E-state index in [0.717, 1.165) is 44.0 Å². The summed E-state index contributed by atoms with van der Waals surface area (Å²) in [5, 5.41) is 6.74. The molecule has 2 N–H and O–H groups in total. The third kappa shape index (κ3) is 5.51. The fraction of sp³-hybridized carbons (Fsp3) is 0.529. The summed E-state index contributed by atoms with van der Waals surface area (Å²) in [6, 6.07) is 5.25. The van der Waals surface area contributed by atoms with E-state index in [1.165, 1.54) is 0 Å². The van der Waals surface area contributed by atoms with E-state index in [1.54, 1.807) is 18.2 Å². The monoisotopic (exact) mass is 403 g/mol. The summed E-state index contributed by atoms with van der Waals surface area (Å²) in [5.41, 5.74) is 1.02. The maximum absolute atomic E-state index is 12.7. The molecule has 1 unspecified atom stereocenters. The Morgan fingerprint density at radius 3 is 2.76 bits per heavy atom. The number of rotatable bonds is 4. The average molecular weight is 404 g/mol. The number of nitrogens with zero attached hydrogens (tertiary/aromatic N) is 1. The minimum absolute atomic E-state index is 0. The molecular formula is C17H23Cl2N3O2S. The molecule has 0 spiro atoms. The van der Waals surface area contributed by atoms with Gasteiger partial charge in [-0.1, -0.05) is 11.6 Å². The number of carbonyl (C=O) groups is 2. The van der Waals surface area contributed by atoms with Crippen LogP contribution < -0.4 is 10.6 Å². The SMILES string of the molecule is Cl.O=C(CC1CSCCN1)Nc1ccc(Cl)cc1C(=O)N1CCCC1. The van der Waals surface area contributed by atoms with Crippen LogP contribution in [-0.2, 0) is 4.79 Å². The van der Waals surface area contributed by atoms with Gasteiger partial charge in [-0.15, -0.1) is 12.4 Å². The van der Waals surface area contributed by atoms with Gasteiger partial charge in [0.1, 0.15) is 0 Å². The van der Waals surface area contributed by atoms with Crippen molar-refractivity contribution in [2.45, 2.75) is 25.3 Å². The molecular weight excluding hydrogens is 381 g/mol. The molecule has 2 amide bonds. The molecule has 3 rings (SSSR count). The molecule has 0 aliphatic carbocycles. The van der Waals surface area contributed by atoms with Gasteiger partial charge in [-0.3, -0.25) is 9.59 Å². The number of likely N-dealkylation sites (tertiary alicyclic amines) is 1. The number of carbonyl (C=O) groups excluding carboxylic acids is 2. The first-order chi connectivity index (χ1) is 11.6. The lowest BCUT2D eigenvalue weighted by Gasteiger charge is -2.23. The Balaban J connectivity index is 0.00000225. The molecule has 0 aromatic heterocycles. The molecule has 2 heterocycles. The van der Waals surface area contributed by atoms with E-state index in [9.17, 15) is 9.59 Å². The summed E-state index contributed by atoms with van der Waals surface area (Å²) < 4.78 is 0. The lowest BCUT2D eigenvalue weighted by molar-refractivity contribution is -0.116. The zero-order valence-electron chi connectivity index (χ0n) is 13.9. The van der Waals surface area contributed by atoms with E-state index >= 15 is 0 Å². The summed E-state index contributed by atoms with van der Waals surface area (Å²) in [6.45, 7) is 2.46. The van der Waals surface area contributed by atoms with Gasteiger partial charge in [-0.25, -0.2) is 0 Å². The van der Waals surface area contributed by atoms with Gasteiger partial charge in [0.15, 0.2) is 0 Å². The maximum atomic E-state index is 12.7. The maximum Gasteiger partial charge on any atom is 0.256 e. The number of amides is 2. The quantitative estimate of drug-likeness (QED) is 0.810. The first-order valence-corrected chi connectivity index (χ1v) is 9.86. The van der Waals surface area contributed by atoms with Crippen molar-refractivity contribution in [3.8, 4) is 0 Å². The van der Waals surface area contributed by atoms with Gasteiger partial charge in [0, 0.05) is 48.6 Å². The van der Waals surface area contributed by atoms with E-state index in [-0.39, 0.29) is 30.3 Å². The van der Waals surface area contributed by atoms with Crippen molar-refractivity contribution in [3.05, 3.63) is 28.8 Å². The van der Waals surface area contributed by atoms with E-state index in [1.807, 2.05) is 16.7 Å². The molecule has 0 bridgehead atoms. The number of anilines is 1. The van der Waals surface area contributed by atoms with Crippen LogP contribution >= 0.6 is 35.8 Å². The highest BCUT2D eigenvalue weighted by molar-refractivity contribution is 7.99. The molecule has 2 aliphatic rings. The van der Waals surface area contributed by atoms with Gasteiger partial charge in [0.25, 0.3) is 5.91 Å². The average Bonchev–Trinajstić information content (AvgIpc) is 3.11. The fourth-order valence-corrected chi connectivity index (χ4v) is 4.19. The molecule has 25 heavy (non-hydrogen) atoms. The summed E-state index contributed by atoms with van der Waals surface area (Å²) in [4.78, 5) is 26.9. The van der Waals surface area contributed by atoms with Gasteiger partial charge in [-0.2, -0.15) is 11.8 Å². The Morgan fingerprint density at radius 1 is 1.32 bits per heavy atom. The first-order valence-electron chi connectivity index (χ1n) is 8.33. The Bertz CT molecular complexity index is 618. The second-order valence-corrected chi connectivity index (χ2v) is 7.75. The van der Waals surface area contributed by atoms with Crippen molar-refractivity contribution >= 4 is 53.3 Å². The van der Waals surface area contributed by atoms with Crippen molar-refractivity contribution in [2.24, 2.45) is 0 Å². The molecule has 0 radical (unpaired) electrons. The number of benzene rings is 1. The molecule has 5 nitrogen and oxygen atoms in total. The van der Waals surface area contributed by atoms with Crippen LogP contribution in [0.25, 0.3) is 0 Å². The Hall–Kier alpha value is -0.950. The van der Waals surface area contributed by atoms with Gasteiger partial charge < -0.3 is 15.5 Å². The molecule has 8 heteroatoms. The largest absolute Gasteiger partial charge is 0.339 e. The third-order valence-corrected chi connectivity index (χ3v) is 5.68. The van der Waals surface area contributed by atoms with Crippen LogP contribution in [0.2, 0.25) is 5.02 Å². The third-order valence-electron chi connectivity index (χ3n) is 4.31. The van der Waals surface area contributed by atoms with Crippen LogP contribution in [-0.4, -0.2) is 53.9 Å². The first kappa shape index (κ1) is 20.4.